The molecule has 0 aromatic carbocycles. The zero-order chi connectivity index (χ0) is 21.4. The van der Waals surface area contributed by atoms with Crippen molar-refractivity contribution in [2.45, 2.75) is 82.1 Å². The Morgan fingerprint density at radius 1 is 1.34 bits per heavy atom. The first-order valence-electron chi connectivity index (χ1n) is 10.6. The number of ether oxygens (including phenoxy) is 2. The van der Waals surface area contributed by atoms with Gasteiger partial charge < -0.3 is 29.9 Å². The molecule has 5 aliphatic rings. The summed E-state index contributed by atoms with van der Waals surface area (Å²) in [6.07, 6.45) is 0.754. The summed E-state index contributed by atoms with van der Waals surface area (Å²) in [5.41, 5.74) is -4.41. The van der Waals surface area contributed by atoms with E-state index in [0.717, 1.165) is 0 Å². The number of hydrogen-bond acceptors (Lipinski definition) is 7. The minimum atomic E-state index is -1.61. The molecular formula is C22H32O7. The van der Waals surface area contributed by atoms with Crippen LogP contribution in [-0.4, -0.2) is 67.6 Å². The maximum absolute atomic E-state index is 12.3. The molecule has 0 aromatic rings. The molecule has 1 heterocycles. The Bertz CT molecular complexity index is 822. The van der Waals surface area contributed by atoms with E-state index in [-0.39, 0.29) is 36.2 Å². The summed E-state index contributed by atoms with van der Waals surface area (Å²) in [5.74, 6) is -1.93. The lowest BCUT2D eigenvalue weighted by molar-refractivity contribution is -0.211. The van der Waals surface area contributed by atoms with Crippen molar-refractivity contribution in [1.82, 2.24) is 0 Å². The fourth-order valence-electron chi connectivity index (χ4n) is 7.85. The fourth-order valence-corrected chi connectivity index (χ4v) is 7.85. The number of carbonyl (C=O) groups excluding carboxylic acids is 1. The van der Waals surface area contributed by atoms with E-state index >= 15 is 0 Å². The molecule has 3 unspecified atom stereocenters. The molecule has 4 fully saturated rings. The second-order valence-corrected chi connectivity index (χ2v) is 10.9. The number of esters is 1. The van der Waals surface area contributed by atoms with Crippen molar-refractivity contribution < 1.29 is 34.7 Å². The first-order valence-corrected chi connectivity index (χ1v) is 10.6. The van der Waals surface area contributed by atoms with Crippen molar-refractivity contribution in [3.05, 3.63) is 11.6 Å². The van der Waals surface area contributed by atoms with Crippen molar-refractivity contribution in [3.63, 3.8) is 0 Å². The quantitative estimate of drug-likeness (QED) is 0.299. The summed E-state index contributed by atoms with van der Waals surface area (Å²) >= 11 is 0. The molecule has 10 atom stereocenters. The molecule has 0 bridgehead atoms. The van der Waals surface area contributed by atoms with Crippen molar-refractivity contribution in [1.29, 1.82) is 0 Å². The monoisotopic (exact) mass is 408 g/mol. The van der Waals surface area contributed by atoms with Crippen molar-refractivity contribution in [2.75, 3.05) is 6.61 Å². The number of epoxide rings is 1. The SMILES string of the molecule is CC(=O)O[C@@]12C[C@@H](C)[C@@]3(O)[C@@H](C4OC4(CO)C[C@]4(O)C(O)C(C)=C[C@@H]34)[C@@H]1C2(C)C. The molecule has 4 aliphatic carbocycles. The van der Waals surface area contributed by atoms with Gasteiger partial charge in [0.05, 0.1) is 18.3 Å². The highest BCUT2D eigenvalue weighted by Crippen LogP contribution is 2.79. The van der Waals surface area contributed by atoms with E-state index < -0.39 is 46.4 Å². The topological polar surface area (TPSA) is 120 Å². The van der Waals surface area contributed by atoms with Crippen LogP contribution in [0.1, 0.15) is 47.5 Å². The third-order valence-electron chi connectivity index (χ3n) is 9.28. The Labute approximate surface area is 170 Å². The van der Waals surface area contributed by atoms with Gasteiger partial charge in [0.15, 0.2) is 0 Å². The highest BCUT2D eigenvalue weighted by molar-refractivity contribution is 5.67. The Morgan fingerprint density at radius 2 is 2.00 bits per heavy atom. The second kappa shape index (κ2) is 5.25. The molecule has 3 saturated carbocycles. The van der Waals surface area contributed by atoms with Gasteiger partial charge in [-0.25, -0.2) is 0 Å². The largest absolute Gasteiger partial charge is 0.458 e. The van der Waals surface area contributed by atoms with Crippen molar-refractivity contribution >= 4 is 5.97 Å². The van der Waals surface area contributed by atoms with E-state index in [4.69, 9.17) is 9.47 Å². The molecule has 0 amide bonds. The third kappa shape index (κ3) is 2.00. The Morgan fingerprint density at radius 3 is 2.59 bits per heavy atom. The van der Waals surface area contributed by atoms with Gasteiger partial charge in [-0.1, -0.05) is 26.8 Å². The number of hydrogen-bond donors (Lipinski definition) is 4. The first kappa shape index (κ1) is 19.9. The van der Waals surface area contributed by atoms with Crippen LogP contribution in [0, 0.1) is 29.1 Å². The minimum absolute atomic E-state index is 0.0556. The normalized spacial score (nSPS) is 58.7. The first-order chi connectivity index (χ1) is 13.3. The predicted octanol–water partition coefficient (Wildman–Crippen LogP) is 0.533. The van der Waals surface area contributed by atoms with Crippen LogP contribution < -0.4 is 0 Å². The molecule has 7 nitrogen and oxygen atoms in total. The number of rotatable bonds is 2. The maximum Gasteiger partial charge on any atom is 0.303 e. The van der Waals surface area contributed by atoms with Gasteiger partial charge in [-0.2, -0.15) is 0 Å². The number of aliphatic hydroxyl groups is 4. The van der Waals surface area contributed by atoms with E-state index in [9.17, 15) is 25.2 Å². The van der Waals surface area contributed by atoms with Gasteiger partial charge in [0.25, 0.3) is 0 Å². The average molecular weight is 408 g/mol. The van der Waals surface area contributed by atoms with Gasteiger partial charge in [-0.3, -0.25) is 4.79 Å². The van der Waals surface area contributed by atoms with E-state index in [1.54, 1.807) is 13.0 Å². The molecular weight excluding hydrogens is 376 g/mol. The molecule has 5 rings (SSSR count). The summed E-state index contributed by atoms with van der Waals surface area (Å²) in [4.78, 5) is 11.9. The fraction of sp³-hybridized carbons (Fsp3) is 0.864. The molecule has 29 heavy (non-hydrogen) atoms. The van der Waals surface area contributed by atoms with E-state index in [0.29, 0.717) is 12.0 Å². The summed E-state index contributed by atoms with van der Waals surface area (Å²) in [7, 11) is 0. The molecule has 7 heteroatoms. The molecule has 0 spiro atoms. The van der Waals surface area contributed by atoms with E-state index in [1.807, 2.05) is 20.8 Å². The van der Waals surface area contributed by atoms with Crippen molar-refractivity contribution in [2.24, 2.45) is 29.1 Å². The molecule has 1 aliphatic heterocycles. The van der Waals surface area contributed by atoms with Gasteiger partial charge in [-0.05, 0) is 24.8 Å². The molecule has 0 aromatic heterocycles. The van der Waals surface area contributed by atoms with Crippen LogP contribution in [0.25, 0.3) is 0 Å². The minimum Gasteiger partial charge on any atom is -0.458 e. The van der Waals surface area contributed by atoms with Crippen molar-refractivity contribution in [3.8, 4) is 0 Å². The lowest BCUT2D eigenvalue weighted by atomic mass is 9.59. The lowest BCUT2D eigenvalue weighted by Crippen LogP contribution is -2.63. The second-order valence-electron chi connectivity index (χ2n) is 10.9. The van der Waals surface area contributed by atoms with Crippen LogP contribution in [-0.2, 0) is 14.3 Å². The summed E-state index contributed by atoms with van der Waals surface area (Å²) in [5, 5.41) is 44.9. The van der Waals surface area contributed by atoms with Crippen LogP contribution >= 0.6 is 0 Å². The molecule has 1 saturated heterocycles. The van der Waals surface area contributed by atoms with Crippen LogP contribution in [0.2, 0.25) is 0 Å². The zero-order valence-electron chi connectivity index (χ0n) is 17.7. The van der Waals surface area contributed by atoms with Crippen LogP contribution in [0.3, 0.4) is 0 Å². The van der Waals surface area contributed by atoms with E-state index in [2.05, 4.69) is 0 Å². The summed E-state index contributed by atoms with van der Waals surface area (Å²) in [6.45, 7) is 8.87. The molecule has 0 radical (unpaired) electrons. The average Bonchev–Trinajstić information content (AvgIpc) is 3.41. The standard InChI is InChI=1S/C22H32O7/c1-10-6-13-20(26,16(10)25)8-19(9-23)17(29-19)14-15-18(4,5)21(15,28-12(3)24)7-11(2)22(13,14)27/h6,11,13-17,23,25-27H,7-9H2,1-5H3/t11-,13-,14-,15-,16?,17?,19?,20-,21+,22+/m1/s1. The van der Waals surface area contributed by atoms with Gasteiger partial charge in [0.2, 0.25) is 0 Å². The maximum atomic E-state index is 12.3. The third-order valence-corrected chi connectivity index (χ3v) is 9.28. The Hall–Kier alpha value is -0.990. The highest BCUT2D eigenvalue weighted by atomic mass is 16.6. The van der Waals surface area contributed by atoms with Crippen LogP contribution in [0.15, 0.2) is 11.6 Å². The van der Waals surface area contributed by atoms with Crippen LogP contribution in [0.5, 0.6) is 0 Å². The highest BCUT2D eigenvalue weighted by Gasteiger charge is 2.88. The van der Waals surface area contributed by atoms with Gasteiger partial charge in [0.1, 0.15) is 22.9 Å². The number of fused-ring (bicyclic) bond motifs is 7. The van der Waals surface area contributed by atoms with Gasteiger partial charge in [0, 0.05) is 36.5 Å². The Kier molecular flexibility index (Phi) is 3.61. The molecule has 4 N–H and O–H groups in total. The van der Waals surface area contributed by atoms with Gasteiger partial charge in [-0.15, -0.1) is 0 Å². The summed E-state index contributed by atoms with van der Waals surface area (Å²) < 4.78 is 11.9. The smallest absolute Gasteiger partial charge is 0.303 e. The van der Waals surface area contributed by atoms with Crippen LogP contribution in [0.4, 0.5) is 0 Å². The number of carbonyl (C=O) groups is 1. The summed E-state index contributed by atoms with van der Waals surface area (Å²) in [6, 6.07) is 0. The lowest BCUT2D eigenvalue weighted by Gasteiger charge is -2.52. The Balaban J connectivity index is 1.69. The van der Waals surface area contributed by atoms with E-state index in [1.165, 1.54) is 6.92 Å². The zero-order valence-corrected chi connectivity index (χ0v) is 17.7. The predicted molar refractivity (Wildman–Crippen MR) is 101 cm³/mol. The molecule has 162 valence electrons. The van der Waals surface area contributed by atoms with Gasteiger partial charge >= 0.3 is 5.97 Å². The number of aliphatic hydroxyl groups excluding tert-OH is 2.